The maximum atomic E-state index is 11.0. The molecule has 0 rings (SSSR count). The van der Waals surface area contributed by atoms with Crippen molar-refractivity contribution in [3.05, 3.63) is 0 Å². The van der Waals surface area contributed by atoms with Crippen molar-refractivity contribution in [1.29, 1.82) is 1.12 Å². The standard InChI is InChI=1S/C2HF3OS/c3-2(4,5)1(6)7/h(H,6,7)/i/hD. The first-order chi connectivity index (χ1) is 3.48. The van der Waals surface area contributed by atoms with Gasteiger partial charge in [-0.05, 0) is 0 Å². The number of thiol groups is 1. The van der Waals surface area contributed by atoms with Gasteiger partial charge in [-0.2, -0.15) is 13.2 Å². The van der Waals surface area contributed by atoms with Gasteiger partial charge in [0.05, 0.1) is 0 Å². The van der Waals surface area contributed by atoms with Gasteiger partial charge in [-0.25, -0.2) is 0 Å². The smallest absolute Gasteiger partial charge is 0.277 e. The highest BCUT2D eigenvalue weighted by Gasteiger charge is 2.35. The molecule has 0 fully saturated rings. The molecule has 0 spiro atoms. The Morgan fingerprint density at radius 1 is 1.71 bits per heavy atom. The number of hydrogen-bond donors (Lipinski definition) is 1. The molecule has 0 atom stereocenters. The number of alkyl halides is 3. The third-order valence-electron chi connectivity index (χ3n) is 0.231. The molecule has 0 aromatic rings. The summed E-state index contributed by atoms with van der Waals surface area (Å²) in [4.78, 5) is 9.48. The average molecular weight is 131 g/mol. The van der Waals surface area contributed by atoms with E-state index >= 15 is 0 Å². The predicted octanol–water partition coefficient (Wildman–Crippen LogP) is 1.01. The summed E-state index contributed by atoms with van der Waals surface area (Å²) >= 11 is -0.582. The van der Waals surface area contributed by atoms with E-state index in [1.54, 1.807) is 0 Å². The van der Waals surface area contributed by atoms with Crippen molar-refractivity contribution in [1.82, 2.24) is 0 Å². The Morgan fingerprint density at radius 3 is 2.14 bits per heavy atom. The third kappa shape index (κ3) is 2.50. The molecule has 0 unspecified atom stereocenters. The lowest BCUT2D eigenvalue weighted by atomic mass is 10.8. The topological polar surface area (TPSA) is 17.1 Å². The Morgan fingerprint density at radius 2 is 2.14 bits per heavy atom. The largest absolute Gasteiger partial charge is 0.460 e. The molecule has 0 heterocycles. The molecule has 0 aromatic heterocycles. The summed E-state index contributed by atoms with van der Waals surface area (Å²) in [6.07, 6.45) is -4.85. The van der Waals surface area contributed by atoms with E-state index in [-0.39, 0.29) is 0 Å². The van der Waals surface area contributed by atoms with E-state index in [1.807, 2.05) is 0 Å². The van der Waals surface area contributed by atoms with Crippen LogP contribution < -0.4 is 0 Å². The number of rotatable bonds is 0. The second kappa shape index (κ2) is 1.73. The third-order valence-corrected chi connectivity index (χ3v) is 0.463. The molecule has 1 nitrogen and oxygen atoms in total. The number of hydrogen-bond acceptors (Lipinski definition) is 2. The van der Waals surface area contributed by atoms with Crippen molar-refractivity contribution in [3.63, 3.8) is 0 Å². The lowest BCUT2D eigenvalue weighted by Crippen LogP contribution is -2.15. The first-order valence-corrected chi connectivity index (χ1v) is 1.63. The van der Waals surface area contributed by atoms with Crippen LogP contribution in [0.1, 0.15) is 0 Å². The average Bonchev–Trinajstić information content (AvgIpc) is 1.62. The van der Waals surface area contributed by atoms with Gasteiger partial charge in [0.1, 0.15) is 1.12 Å². The van der Waals surface area contributed by atoms with Crippen LogP contribution >= 0.6 is 12.5 Å². The number of carbonyl (C=O) groups excluding carboxylic acids is 1. The van der Waals surface area contributed by atoms with Gasteiger partial charge < -0.3 is 0 Å². The Labute approximate surface area is 44.0 Å². The summed E-state index contributed by atoms with van der Waals surface area (Å²) in [5.74, 6) is 0. The van der Waals surface area contributed by atoms with E-state index in [4.69, 9.17) is 1.12 Å². The summed E-state index contributed by atoms with van der Waals surface area (Å²) in [6.45, 7) is 0. The van der Waals surface area contributed by atoms with Crippen molar-refractivity contribution in [2.24, 2.45) is 0 Å². The fourth-order valence-corrected chi connectivity index (χ4v) is 0. The van der Waals surface area contributed by atoms with Crippen molar-refractivity contribution < 1.29 is 18.0 Å². The van der Waals surface area contributed by atoms with Crippen LogP contribution in [0, 0.1) is 0 Å². The van der Waals surface area contributed by atoms with Gasteiger partial charge in [-0.1, -0.05) is 12.5 Å². The van der Waals surface area contributed by atoms with Crippen LogP contribution in [-0.2, 0) is 4.79 Å². The molecule has 5 heteroatoms. The molecular weight excluding hydrogens is 129 g/mol. The maximum absolute atomic E-state index is 11.0. The summed E-state index contributed by atoms with van der Waals surface area (Å²) in [5.41, 5.74) is 0. The zero-order chi connectivity index (χ0) is 6.78. The summed E-state index contributed by atoms with van der Waals surface area (Å²) < 4.78 is 38.8. The molecule has 7 heavy (non-hydrogen) atoms. The Bertz CT molecular complexity index is 99.9. The van der Waals surface area contributed by atoms with Crippen molar-refractivity contribution >= 4 is 17.6 Å². The highest BCUT2D eigenvalue weighted by Crippen LogP contribution is 2.16. The highest BCUT2D eigenvalue weighted by molar-refractivity contribution is 7.96. The molecule has 0 aliphatic carbocycles. The molecule has 0 aliphatic heterocycles. The first kappa shape index (κ1) is 4.96. The normalized spacial score (nSPS) is 13.3. The van der Waals surface area contributed by atoms with Gasteiger partial charge in [0, 0.05) is 0 Å². The molecule has 0 saturated heterocycles. The molecule has 0 bridgehead atoms. The van der Waals surface area contributed by atoms with Crippen molar-refractivity contribution in [2.45, 2.75) is 6.18 Å². The zero-order valence-corrected chi connectivity index (χ0v) is 3.77. The van der Waals surface area contributed by atoms with E-state index in [1.165, 1.54) is 0 Å². The van der Waals surface area contributed by atoms with Gasteiger partial charge >= 0.3 is 6.18 Å². The van der Waals surface area contributed by atoms with Crippen LogP contribution in [0.5, 0.6) is 0 Å². The molecule has 0 radical (unpaired) electrons. The fourth-order valence-electron chi connectivity index (χ4n) is 0. The molecule has 0 aliphatic rings. The number of carbonyl (C=O) groups is 1. The molecule has 0 aromatic carbocycles. The summed E-state index contributed by atoms with van der Waals surface area (Å²) in [5, 5.41) is -2.09. The van der Waals surface area contributed by atoms with Crippen molar-refractivity contribution in [2.75, 3.05) is 0 Å². The second-order valence-corrected chi connectivity index (χ2v) is 1.16. The van der Waals surface area contributed by atoms with Gasteiger partial charge in [0.15, 0.2) is 0 Å². The van der Waals surface area contributed by atoms with E-state index < -0.39 is 23.8 Å². The van der Waals surface area contributed by atoms with Crippen LogP contribution in [0.3, 0.4) is 0 Å². The van der Waals surface area contributed by atoms with Crippen LogP contribution in [0.4, 0.5) is 13.2 Å². The minimum atomic E-state index is -4.85. The Hall–Kier alpha value is -0.190. The van der Waals surface area contributed by atoms with Gasteiger partial charge in [0.2, 0.25) is 0 Å². The van der Waals surface area contributed by atoms with Gasteiger partial charge in [-0.15, -0.1) is 0 Å². The molecular formula is C2HF3OS. The Balaban J connectivity index is 3.82. The molecule has 42 valence electrons. The predicted molar refractivity (Wildman–Crippen MR) is 20.0 cm³/mol. The first-order valence-electron chi connectivity index (χ1n) is 1.63. The van der Waals surface area contributed by atoms with E-state index in [2.05, 4.69) is 0 Å². The SMILES string of the molecule is [2H]SC(=O)C(F)(F)F. The fraction of sp³-hybridized carbons (Fsp3) is 0.500. The minimum absolute atomic E-state index is 0.582. The molecule has 0 amide bonds. The number of halogens is 3. The quantitative estimate of drug-likeness (QED) is 0.485. The minimum Gasteiger partial charge on any atom is -0.277 e. The van der Waals surface area contributed by atoms with Gasteiger partial charge in [0.25, 0.3) is 5.12 Å². The van der Waals surface area contributed by atoms with Crippen LogP contribution in [-0.4, -0.2) is 12.4 Å². The van der Waals surface area contributed by atoms with Crippen LogP contribution in [0.15, 0.2) is 0 Å². The monoisotopic (exact) mass is 131 g/mol. The van der Waals surface area contributed by atoms with E-state index in [0.29, 0.717) is 0 Å². The molecule has 0 N–H and O–H groups in total. The lowest BCUT2D eigenvalue weighted by molar-refractivity contribution is -0.160. The van der Waals surface area contributed by atoms with Crippen LogP contribution in [0.2, 0.25) is 0 Å². The highest BCUT2D eigenvalue weighted by atomic mass is 32.1. The lowest BCUT2D eigenvalue weighted by Gasteiger charge is -1.94. The molecule has 0 saturated carbocycles. The summed E-state index contributed by atoms with van der Waals surface area (Å²) in [6, 6.07) is 0. The summed E-state index contributed by atoms with van der Waals surface area (Å²) in [7, 11) is 0. The van der Waals surface area contributed by atoms with E-state index in [9.17, 15) is 18.0 Å². The zero-order valence-electron chi connectivity index (χ0n) is 3.95. The van der Waals surface area contributed by atoms with Crippen LogP contribution in [0.25, 0.3) is 0 Å². The van der Waals surface area contributed by atoms with E-state index in [0.717, 1.165) is 0 Å². The van der Waals surface area contributed by atoms with Gasteiger partial charge in [-0.3, -0.25) is 4.79 Å². The van der Waals surface area contributed by atoms with Crippen molar-refractivity contribution in [3.8, 4) is 0 Å². The Kier molecular flexibility index (Phi) is 1.23. The maximum Gasteiger partial charge on any atom is 0.460 e. The second-order valence-electron chi connectivity index (χ2n) is 0.785.